The highest BCUT2D eigenvalue weighted by atomic mass is 19.1. The van der Waals surface area contributed by atoms with Gasteiger partial charge in [0.25, 0.3) is 0 Å². The average Bonchev–Trinajstić information content (AvgIpc) is 3.55. The normalized spacial score (nSPS) is 13.7. The van der Waals surface area contributed by atoms with Gasteiger partial charge < -0.3 is 20.9 Å². The summed E-state index contributed by atoms with van der Waals surface area (Å²) in [5.74, 6) is 0.211. The molecule has 4 N–H and O–H groups in total. The van der Waals surface area contributed by atoms with Gasteiger partial charge >= 0.3 is 0 Å². The fourth-order valence-corrected chi connectivity index (χ4v) is 3.57. The lowest BCUT2D eigenvalue weighted by molar-refractivity contribution is 0.0750. The van der Waals surface area contributed by atoms with Crippen LogP contribution in [0.15, 0.2) is 18.2 Å². The largest absolute Gasteiger partial charge is 0.495 e. The van der Waals surface area contributed by atoms with Crippen LogP contribution in [0.5, 0.6) is 5.75 Å². The summed E-state index contributed by atoms with van der Waals surface area (Å²) in [5, 5.41) is 18.4. The number of fused-ring (bicyclic) bond motifs is 1. The van der Waals surface area contributed by atoms with Crippen LogP contribution in [0, 0.1) is 5.82 Å². The van der Waals surface area contributed by atoms with Crippen LogP contribution in [0.1, 0.15) is 70.2 Å². The minimum absolute atomic E-state index is 0.213. The van der Waals surface area contributed by atoms with Gasteiger partial charge in [0, 0.05) is 12.0 Å². The Labute approximate surface area is 194 Å². The molecule has 0 unspecified atom stereocenters. The average molecular weight is 459 g/mol. The second-order valence-electron chi connectivity index (χ2n) is 8.88. The number of ether oxygens (including phenoxy) is 1. The number of nitrogens with two attached hydrogens (primary N) is 1. The first-order chi connectivity index (χ1) is 15.7. The molecule has 3 heterocycles. The van der Waals surface area contributed by atoms with E-state index in [1.54, 1.807) is 31.5 Å². The summed E-state index contributed by atoms with van der Waals surface area (Å²) in [7, 11) is 3.60. The lowest BCUT2D eigenvalue weighted by atomic mass is 10.0. The number of rotatable bonds is 8. The molecular weight excluding hydrogens is 423 g/mol. The Balaban J connectivity index is 0.000000383. The van der Waals surface area contributed by atoms with Gasteiger partial charge in [0.15, 0.2) is 17.3 Å². The van der Waals surface area contributed by atoms with E-state index in [2.05, 4.69) is 22.2 Å². The molecule has 1 aliphatic carbocycles. The van der Waals surface area contributed by atoms with Gasteiger partial charge in [-0.05, 0) is 58.8 Å². The van der Waals surface area contributed by atoms with E-state index in [4.69, 9.17) is 15.6 Å². The number of nitrogen functional groups attached to an aromatic ring is 1. The number of anilines is 1. The van der Waals surface area contributed by atoms with Crippen molar-refractivity contribution >= 4 is 11.5 Å². The molecule has 1 saturated carbocycles. The van der Waals surface area contributed by atoms with E-state index in [0.717, 1.165) is 18.5 Å². The van der Waals surface area contributed by atoms with E-state index < -0.39 is 11.4 Å². The second kappa shape index (κ2) is 10.4. The third-order valence-electron chi connectivity index (χ3n) is 5.51. The van der Waals surface area contributed by atoms with Crippen LogP contribution in [0.3, 0.4) is 0 Å². The topological polar surface area (TPSA) is 111 Å². The number of pyridine rings is 1. The van der Waals surface area contributed by atoms with Crippen molar-refractivity contribution < 1.29 is 14.2 Å². The Morgan fingerprint density at radius 3 is 2.55 bits per heavy atom. The van der Waals surface area contributed by atoms with Gasteiger partial charge in [0.05, 0.1) is 12.8 Å². The molecule has 0 aliphatic heterocycles. The Bertz CT molecular complexity index is 1080. The Hall–Kier alpha value is -2.78. The molecule has 1 fully saturated rings. The molecule has 8 nitrogen and oxygen atoms in total. The third kappa shape index (κ3) is 5.78. The SMILES string of the molecule is CCCCCNC.COc1cc2nc(C(C)(C)O)c(-c3ccc(F)c(N)n3)n2nc1C1CC1. The van der Waals surface area contributed by atoms with Gasteiger partial charge in [-0.3, -0.25) is 0 Å². The first-order valence-electron chi connectivity index (χ1n) is 11.5. The summed E-state index contributed by atoms with van der Waals surface area (Å²) in [6, 6.07) is 4.55. The van der Waals surface area contributed by atoms with Crippen LogP contribution in [0.25, 0.3) is 17.0 Å². The van der Waals surface area contributed by atoms with Crippen LogP contribution in [-0.4, -0.2) is 45.4 Å². The van der Waals surface area contributed by atoms with E-state index in [-0.39, 0.29) is 5.82 Å². The van der Waals surface area contributed by atoms with Gasteiger partial charge in [0.2, 0.25) is 0 Å². The third-order valence-corrected chi connectivity index (χ3v) is 5.51. The van der Waals surface area contributed by atoms with Crippen LogP contribution < -0.4 is 15.8 Å². The molecule has 3 aromatic rings. The van der Waals surface area contributed by atoms with Crippen molar-refractivity contribution in [2.75, 3.05) is 26.4 Å². The van der Waals surface area contributed by atoms with Crippen molar-refractivity contribution in [1.29, 1.82) is 0 Å². The molecule has 0 aromatic carbocycles. The number of halogens is 1. The zero-order valence-electron chi connectivity index (χ0n) is 20.2. The Morgan fingerprint density at radius 1 is 1.27 bits per heavy atom. The Kier molecular flexibility index (Phi) is 7.86. The zero-order valence-corrected chi connectivity index (χ0v) is 20.2. The van der Waals surface area contributed by atoms with Gasteiger partial charge in [-0.15, -0.1) is 0 Å². The van der Waals surface area contributed by atoms with E-state index in [1.165, 1.54) is 37.9 Å². The first-order valence-corrected chi connectivity index (χ1v) is 11.5. The number of aliphatic hydroxyl groups is 1. The summed E-state index contributed by atoms with van der Waals surface area (Å²) in [4.78, 5) is 8.67. The molecule has 33 heavy (non-hydrogen) atoms. The number of methoxy groups -OCH3 is 1. The number of hydrogen-bond acceptors (Lipinski definition) is 7. The summed E-state index contributed by atoms with van der Waals surface area (Å²) in [6.07, 6.45) is 6.12. The highest BCUT2D eigenvalue weighted by Crippen LogP contribution is 2.44. The summed E-state index contributed by atoms with van der Waals surface area (Å²) in [5.41, 5.74) is 7.03. The quantitative estimate of drug-likeness (QED) is 0.437. The second-order valence-corrected chi connectivity index (χ2v) is 8.88. The van der Waals surface area contributed by atoms with Gasteiger partial charge in [-0.25, -0.2) is 18.9 Å². The highest BCUT2D eigenvalue weighted by molar-refractivity contribution is 5.67. The molecule has 9 heteroatoms. The van der Waals surface area contributed by atoms with Crippen molar-refractivity contribution in [2.24, 2.45) is 0 Å². The predicted octanol–water partition coefficient (Wildman–Crippen LogP) is 4.02. The molecule has 1 aliphatic rings. The lowest BCUT2D eigenvalue weighted by Gasteiger charge is -2.16. The molecule has 0 radical (unpaired) electrons. The van der Waals surface area contributed by atoms with Crippen molar-refractivity contribution in [1.82, 2.24) is 24.9 Å². The van der Waals surface area contributed by atoms with E-state index in [1.807, 2.05) is 7.05 Å². The molecule has 3 aromatic heterocycles. The van der Waals surface area contributed by atoms with E-state index >= 15 is 0 Å². The van der Waals surface area contributed by atoms with Gasteiger partial charge in [-0.2, -0.15) is 5.10 Å². The molecule has 0 amide bonds. The van der Waals surface area contributed by atoms with Gasteiger partial charge in [0.1, 0.15) is 28.4 Å². The van der Waals surface area contributed by atoms with E-state index in [0.29, 0.717) is 34.4 Å². The lowest BCUT2D eigenvalue weighted by Crippen LogP contribution is -2.18. The predicted molar refractivity (Wildman–Crippen MR) is 128 cm³/mol. The number of aromatic nitrogens is 4. The molecule has 4 rings (SSSR count). The van der Waals surface area contributed by atoms with Crippen molar-refractivity contribution in [3.63, 3.8) is 0 Å². The first kappa shape index (κ1) is 24.9. The van der Waals surface area contributed by atoms with Gasteiger partial charge in [-0.1, -0.05) is 19.8 Å². The molecule has 180 valence electrons. The van der Waals surface area contributed by atoms with E-state index in [9.17, 15) is 9.50 Å². The van der Waals surface area contributed by atoms with Crippen molar-refractivity contribution in [2.45, 2.75) is 64.4 Å². The molecule has 0 bridgehead atoms. The van der Waals surface area contributed by atoms with Crippen molar-refractivity contribution in [3.05, 3.63) is 35.4 Å². The van der Waals surface area contributed by atoms with Crippen LogP contribution in [0.2, 0.25) is 0 Å². The molecule has 0 atom stereocenters. The number of imidazole rings is 1. The number of hydrogen-bond donors (Lipinski definition) is 3. The number of unbranched alkanes of at least 4 members (excludes halogenated alkanes) is 2. The van der Waals surface area contributed by atoms with Crippen LogP contribution in [-0.2, 0) is 5.60 Å². The number of nitrogens with zero attached hydrogens (tertiary/aromatic N) is 4. The molecule has 0 spiro atoms. The standard InChI is InChI=1S/C18H20FN5O2.C6H15N/c1-18(2,25)16-15(11-7-6-10(19)17(20)21-11)24-13(22-16)8-12(26-3)14(23-24)9-4-5-9;1-3-4-5-6-7-2/h6-9,25H,4-5H2,1-3H3,(H2,20,21);7H,3-6H2,1-2H3. The fraction of sp³-hybridized carbons (Fsp3) is 0.542. The maximum Gasteiger partial charge on any atom is 0.165 e. The highest BCUT2D eigenvalue weighted by Gasteiger charge is 2.32. The minimum atomic E-state index is -1.25. The zero-order chi connectivity index (χ0) is 24.2. The Morgan fingerprint density at radius 2 is 2.00 bits per heavy atom. The maximum atomic E-state index is 13.6. The minimum Gasteiger partial charge on any atom is -0.495 e. The summed E-state index contributed by atoms with van der Waals surface area (Å²) in [6.45, 7) is 6.65. The van der Waals surface area contributed by atoms with Crippen LogP contribution >= 0.6 is 0 Å². The smallest absolute Gasteiger partial charge is 0.165 e. The van der Waals surface area contributed by atoms with Crippen molar-refractivity contribution in [3.8, 4) is 17.1 Å². The monoisotopic (exact) mass is 458 g/mol. The fourth-order valence-electron chi connectivity index (χ4n) is 3.57. The molecular formula is C24H35FN6O2. The number of nitrogens with one attached hydrogen (secondary N) is 1. The van der Waals surface area contributed by atoms with Crippen LogP contribution in [0.4, 0.5) is 10.2 Å². The maximum absolute atomic E-state index is 13.6. The summed E-state index contributed by atoms with van der Waals surface area (Å²) >= 11 is 0. The molecule has 0 saturated heterocycles. The summed E-state index contributed by atoms with van der Waals surface area (Å²) < 4.78 is 20.7.